The van der Waals surface area contributed by atoms with Crippen molar-refractivity contribution in [2.45, 2.75) is 6.42 Å². The predicted octanol–water partition coefficient (Wildman–Crippen LogP) is 2.20. The number of nitro benzene ring substituents is 1. The van der Waals surface area contributed by atoms with Crippen LogP contribution in [0.2, 0.25) is 0 Å². The molecule has 0 spiro atoms. The normalized spacial score (nSPS) is 9.43. The van der Waals surface area contributed by atoms with Crippen LogP contribution < -0.4 is 0 Å². The summed E-state index contributed by atoms with van der Waals surface area (Å²) in [6.07, 6.45) is 0.205. The van der Waals surface area contributed by atoms with Gasteiger partial charge in [0.15, 0.2) is 0 Å². The SMILES string of the molecule is [C-]#[N+]CCc1cc([N+](=O)[O-])ccc1F. The van der Waals surface area contributed by atoms with E-state index in [1.54, 1.807) is 0 Å². The average Bonchev–Trinajstić information content (AvgIpc) is 2.16. The maximum atomic E-state index is 13.0. The van der Waals surface area contributed by atoms with Gasteiger partial charge in [-0.3, -0.25) is 10.1 Å². The fourth-order valence-electron chi connectivity index (χ4n) is 1.04. The minimum absolute atomic E-state index is 0.137. The molecule has 1 aromatic carbocycles. The number of nitro groups is 1. The van der Waals surface area contributed by atoms with Crippen molar-refractivity contribution >= 4 is 5.69 Å². The molecular weight excluding hydrogens is 187 g/mol. The van der Waals surface area contributed by atoms with Gasteiger partial charge in [0.2, 0.25) is 6.54 Å². The highest BCUT2D eigenvalue weighted by molar-refractivity contribution is 5.35. The molecule has 0 saturated carbocycles. The van der Waals surface area contributed by atoms with E-state index in [9.17, 15) is 14.5 Å². The molecule has 0 heterocycles. The van der Waals surface area contributed by atoms with Gasteiger partial charge >= 0.3 is 0 Å². The van der Waals surface area contributed by atoms with Crippen LogP contribution in [0.1, 0.15) is 5.56 Å². The standard InChI is InChI=1S/C9H7FN2O2/c1-11-5-4-7-6-8(12(13)14)2-3-9(7)10/h2-3,6H,4-5H2. The Hall–Kier alpha value is -1.96. The van der Waals surface area contributed by atoms with Crippen molar-refractivity contribution < 1.29 is 9.31 Å². The third-order valence-electron chi connectivity index (χ3n) is 1.73. The fourth-order valence-corrected chi connectivity index (χ4v) is 1.04. The van der Waals surface area contributed by atoms with E-state index in [2.05, 4.69) is 4.85 Å². The quantitative estimate of drug-likeness (QED) is 0.420. The van der Waals surface area contributed by atoms with Crippen LogP contribution >= 0.6 is 0 Å². The van der Waals surface area contributed by atoms with Gasteiger partial charge in [0, 0.05) is 24.1 Å². The summed E-state index contributed by atoms with van der Waals surface area (Å²) in [5, 5.41) is 10.4. The Kier molecular flexibility index (Phi) is 3.13. The second kappa shape index (κ2) is 4.33. The van der Waals surface area contributed by atoms with Crippen molar-refractivity contribution in [2.24, 2.45) is 0 Å². The molecule has 0 amide bonds. The van der Waals surface area contributed by atoms with Gasteiger partial charge in [0.25, 0.3) is 5.69 Å². The summed E-state index contributed by atoms with van der Waals surface area (Å²) >= 11 is 0. The van der Waals surface area contributed by atoms with E-state index in [-0.39, 0.29) is 24.2 Å². The molecule has 0 fully saturated rings. The lowest BCUT2D eigenvalue weighted by Gasteiger charge is -1.98. The molecule has 1 aromatic rings. The first-order valence-corrected chi connectivity index (χ1v) is 3.91. The van der Waals surface area contributed by atoms with Gasteiger partial charge in [-0.2, -0.15) is 0 Å². The zero-order valence-corrected chi connectivity index (χ0v) is 7.24. The minimum Gasteiger partial charge on any atom is -0.317 e. The highest BCUT2D eigenvalue weighted by atomic mass is 19.1. The lowest BCUT2D eigenvalue weighted by Crippen LogP contribution is -1.96. The summed E-state index contributed by atoms with van der Waals surface area (Å²) in [5.74, 6) is -0.501. The molecule has 0 atom stereocenters. The highest BCUT2D eigenvalue weighted by Crippen LogP contribution is 2.17. The van der Waals surface area contributed by atoms with Crippen molar-refractivity contribution in [1.29, 1.82) is 0 Å². The van der Waals surface area contributed by atoms with Gasteiger partial charge < -0.3 is 4.85 Å². The van der Waals surface area contributed by atoms with Gasteiger partial charge in [0.1, 0.15) is 5.82 Å². The molecule has 0 radical (unpaired) electrons. The first-order chi connectivity index (χ1) is 6.65. The molecule has 1 rings (SSSR count). The summed E-state index contributed by atoms with van der Waals surface area (Å²) < 4.78 is 13.0. The van der Waals surface area contributed by atoms with E-state index in [1.807, 2.05) is 0 Å². The number of nitrogens with zero attached hydrogens (tertiary/aromatic N) is 2. The number of rotatable bonds is 3. The Bertz CT molecular complexity index is 398. The van der Waals surface area contributed by atoms with Gasteiger partial charge in [-0.1, -0.05) is 0 Å². The van der Waals surface area contributed by atoms with Crippen LogP contribution in [0.5, 0.6) is 0 Å². The van der Waals surface area contributed by atoms with Gasteiger partial charge in [0.05, 0.1) is 4.92 Å². The van der Waals surface area contributed by atoms with E-state index >= 15 is 0 Å². The second-order valence-electron chi connectivity index (χ2n) is 2.66. The first-order valence-electron chi connectivity index (χ1n) is 3.91. The number of hydrogen-bond acceptors (Lipinski definition) is 2. The van der Waals surface area contributed by atoms with Crippen molar-refractivity contribution in [3.8, 4) is 0 Å². The molecule has 0 aliphatic carbocycles. The molecule has 14 heavy (non-hydrogen) atoms. The molecule has 0 unspecified atom stereocenters. The number of non-ortho nitro benzene ring substituents is 1. The lowest BCUT2D eigenvalue weighted by molar-refractivity contribution is -0.385. The monoisotopic (exact) mass is 194 g/mol. The Labute approximate surface area is 79.9 Å². The van der Waals surface area contributed by atoms with E-state index in [4.69, 9.17) is 6.57 Å². The molecule has 0 N–H and O–H groups in total. The minimum atomic E-state index is -0.583. The molecule has 5 heteroatoms. The van der Waals surface area contributed by atoms with Crippen LogP contribution in [0.3, 0.4) is 0 Å². The molecule has 0 aromatic heterocycles. The van der Waals surface area contributed by atoms with Crippen molar-refractivity contribution in [1.82, 2.24) is 0 Å². The maximum Gasteiger partial charge on any atom is 0.269 e. The van der Waals surface area contributed by atoms with Crippen molar-refractivity contribution in [2.75, 3.05) is 6.54 Å². The molecule has 0 aliphatic rings. The van der Waals surface area contributed by atoms with Crippen LogP contribution in [0.15, 0.2) is 18.2 Å². The number of benzene rings is 1. The first kappa shape index (κ1) is 10.1. The number of halogens is 1. The van der Waals surface area contributed by atoms with Gasteiger partial charge in [-0.15, -0.1) is 0 Å². The maximum absolute atomic E-state index is 13.0. The highest BCUT2D eigenvalue weighted by Gasteiger charge is 2.10. The summed E-state index contributed by atoms with van der Waals surface area (Å²) in [5.41, 5.74) is 0.0709. The number of hydrogen-bond donors (Lipinski definition) is 0. The lowest BCUT2D eigenvalue weighted by atomic mass is 10.1. The Morgan fingerprint density at radius 3 is 2.86 bits per heavy atom. The van der Waals surface area contributed by atoms with Crippen LogP contribution in [0.4, 0.5) is 10.1 Å². The van der Waals surface area contributed by atoms with Crippen LogP contribution in [0.25, 0.3) is 4.85 Å². The predicted molar refractivity (Wildman–Crippen MR) is 48.2 cm³/mol. The van der Waals surface area contributed by atoms with Gasteiger partial charge in [-0.05, 0) is 6.07 Å². The topological polar surface area (TPSA) is 47.5 Å². The van der Waals surface area contributed by atoms with E-state index in [0.717, 1.165) is 12.1 Å². The summed E-state index contributed by atoms with van der Waals surface area (Å²) in [6.45, 7) is 6.67. The van der Waals surface area contributed by atoms with Crippen molar-refractivity contribution in [3.05, 3.63) is 51.1 Å². The molecule has 4 nitrogen and oxygen atoms in total. The fraction of sp³-hybridized carbons (Fsp3) is 0.222. The van der Waals surface area contributed by atoms with E-state index in [1.165, 1.54) is 6.07 Å². The zero-order chi connectivity index (χ0) is 10.6. The summed E-state index contributed by atoms with van der Waals surface area (Å²) in [4.78, 5) is 12.8. The molecule has 72 valence electrons. The van der Waals surface area contributed by atoms with Crippen LogP contribution in [0, 0.1) is 22.5 Å². The molecular formula is C9H7FN2O2. The van der Waals surface area contributed by atoms with E-state index in [0.29, 0.717) is 0 Å². The zero-order valence-electron chi connectivity index (χ0n) is 7.24. The smallest absolute Gasteiger partial charge is 0.269 e. The van der Waals surface area contributed by atoms with Crippen molar-refractivity contribution in [3.63, 3.8) is 0 Å². The average molecular weight is 194 g/mol. The molecule has 0 bridgehead atoms. The summed E-state index contributed by atoms with van der Waals surface area (Å²) in [7, 11) is 0. The third-order valence-corrected chi connectivity index (χ3v) is 1.73. The largest absolute Gasteiger partial charge is 0.317 e. The Balaban J connectivity index is 2.97. The third kappa shape index (κ3) is 2.26. The van der Waals surface area contributed by atoms with Crippen LogP contribution in [-0.4, -0.2) is 11.5 Å². The van der Waals surface area contributed by atoms with Crippen LogP contribution in [-0.2, 0) is 6.42 Å². The Morgan fingerprint density at radius 2 is 2.29 bits per heavy atom. The summed E-state index contributed by atoms with van der Waals surface area (Å²) in [6, 6.07) is 3.33. The molecule has 0 saturated heterocycles. The van der Waals surface area contributed by atoms with Gasteiger partial charge in [-0.25, -0.2) is 11.0 Å². The van der Waals surface area contributed by atoms with E-state index < -0.39 is 10.7 Å². The Morgan fingerprint density at radius 1 is 1.57 bits per heavy atom. The molecule has 0 aliphatic heterocycles. The second-order valence-corrected chi connectivity index (χ2v) is 2.66.